The SMILES string of the molecule is COc1cccc([C@@H]2CC(=O)Nc3nc(SCc4cccc(Cl)c4)[nH]c(=O)c32)c1OC. The van der Waals surface area contributed by atoms with Gasteiger partial charge in [0.05, 0.1) is 19.8 Å². The molecule has 7 nitrogen and oxygen atoms in total. The lowest BCUT2D eigenvalue weighted by molar-refractivity contribution is -0.116. The molecule has 31 heavy (non-hydrogen) atoms. The monoisotopic (exact) mass is 457 g/mol. The van der Waals surface area contributed by atoms with Crippen LogP contribution in [0.1, 0.15) is 29.0 Å². The number of benzene rings is 2. The maximum absolute atomic E-state index is 13.0. The Labute approximate surface area is 188 Å². The number of para-hydroxylation sites is 1. The highest BCUT2D eigenvalue weighted by molar-refractivity contribution is 7.98. The minimum atomic E-state index is -0.503. The largest absolute Gasteiger partial charge is 0.493 e. The molecule has 160 valence electrons. The van der Waals surface area contributed by atoms with Crippen molar-refractivity contribution in [3.8, 4) is 11.5 Å². The molecule has 1 atom stereocenters. The molecule has 9 heteroatoms. The van der Waals surface area contributed by atoms with Gasteiger partial charge < -0.3 is 19.8 Å². The van der Waals surface area contributed by atoms with Crippen LogP contribution in [0, 0.1) is 0 Å². The first-order valence-corrected chi connectivity index (χ1v) is 10.9. The first kappa shape index (κ1) is 21.3. The summed E-state index contributed by atoms with van der Waals surface area (Å²) in [6, 6.07) is 12.9. The van der Waals surface area contributed by atoms with E-state index >= 15 is 0 Å². The number of rotatable bonds is 6. The number of hydrogen-bond donors (Lipinski definition) is 2. The Morgan fingerprint density at radius 1 is 1.16 bits per heavy atom. The van der Waals surface area contributed by atoms with E-state index < -0.39 is 5.92 Å². The van der Waals surface area contributed by atoms with Crippen LogP contribution >= 0.6 is 23.4 Å². The normalized spacial score (nSPS) is 15.2. The summed E-state index contributed by atoms with van der Waals surface area (Å²) >= 11 is 7.39. The fourth-order valence-corrected chi connectivity index (χ4v) is 4.67. The molecular weight excluding hydrogens is 438 g/mol. The van der Waals surface area contributed by atoms with Crippen molar-refractivity contribution in [3.05, 3.63) is 74.5 Å². The lowest BCUT2D eigenvalue weighted by atomic mass is 9.86. The number of halogens is 1. The van der Waals surface area contributed by atoms with E-state index in [4.69, 9.17) is 21.1 Å². The third-order valence-electron chi connectivity index (χ3n) is 5.00. The van der Waals surface area contributed by atoms with Gasteiger partial charge in [0.15, 0.2) is 16.7 Å². The van der Waals surface area contributed by atoms with Crippen molar-refractivity contribution in [2.75, 3.05) is 19.5 Å². The maximum Gasteiger partial charge on any atom is 0.257 e. The van der Waals surface area contributed by atoms with E-state index in [-0.39, 0.29) is 23.7 Å². The lowest BCUT2D eigenvalue weighted by Crippen LogP contribution is -2.31. The quantitative estimate of drug-likeness (QED) is 0.425. The minimum Gasteiger partial charge on any atom is -0.493 e. The molecule has 1 aromatic heterocycles. The van der Waals surface area contributed by atoms with Crippen molar-refractivity contribution in [1.82, 2.24) is 9.97 Å². The highest BCUT2D eigenvalue weighted by Gasteiger charge is 2.33. The van der Waals surface area contributed by atoms with Crippen molar-refractivity contribution in [1.29, 1.82) is 0 Å². The molecule has 4 rings (SSSR count). The summed E-state index contributed by atoms with van der Waals surface area (Å²) in [5.74, 6) is 1.15. The number of fused-ring (bicyclic) bond motifs is 1. The Hall–Kier alpha value is -2.97. The van der Waals surface area contributed by atoms with Crippen LogP contribution in [0.2, 0.25) is 5.02 Å². The van der Waals surface area contributed by atoms with Gasteiger partial charge in [-0.1, -0.05) is 47.6 Å². The number of aromatic amines is 1. The van der Waals surface area contributed by atoms with Crippen LogP contribution in [0.3, 0.4) is 0 Å². The second-order valence-corrected chi connectivity index (χ2v) is 8.34. The van der Waals surface area contributed by atoms with Gasteiger partial charge in [0.2, 0.25) is 5.91 Å². The Morgan fingerprint density at radius 2 is 1.97 bits per heavy atom. The Morgan fingerprint density at radius 3 is 2.71 bits per heavy atom. The van der Waals surface area contributed by atoms with Crippen molar-refractivity contribution < 1.29 is 14.3 Å². The molecular formula is C22H20ClN3O4S. The van der Waals surface area contributed by atoms with Crippen LogP contribution in [-0.2, 0) is 10.5 Å². The van der Waals surface area contributed by atoms with Gasteiger partial charge in [0.1, 0.15) is 5.82 Å². The summed E-state index contributed by atoms with van der Waals surface area (Å²) in [7, 11) is 3.07. The predicted octanol–water partition coefficient (Wildman–Crippen LogP) is 4.21. The molecule has 0 unspecified atom stereocenters. The van der Waals surface area contributed by atoms with Crippen LogP contribution in [0.25, 0.3) is 0 Å². The number of nitrogens with one attached hydrogen (secondary N) is 2. The summed E-state index contributed by atoms with van der Waals surface area (Å²) in [5, 5.41) is 3.80. The fraction of sp³-hybridized carbons (Fsp3) is 0.227. The molecule has 1 aliphatic heterocycles. The summed E-state index contributed by atoms with van der Waals surface area (Å²) in [6.07, 6.45) is 0.107. The number of anilines is 1. The zero-order valence-corrected chi connectivity index (χ0v) is 18.5. The van der Waals surface area contributed by atoms with Crippen LogP contribution in [0.5, 0.6) is 11.5 Å². The van der Waals surface area contributed by atoms with E-state index in [1.165, 1.54) is 18.9 Å². The summed E-state index contributed by atoms with van der Waals surface area (Å²) in [5.41, 5.74) is 1.80. The van der Waals surface area contributed by atoms with Crippen LogP contribution in [-0.4, -0.2) is 30.1 Å². The molecule has 2 aromatic carbocycles. The predicted molar refractivity (Wildman–Crippen MR) is 121 cm³/mol. The van der Waals surface area contributed by atoms with Gasteiger partial charge in [-0.05, 0) is 23.8 Å². The van der Waals surface area contributed by atoms with Crippen molar-refractivity contribution in [2.24, 2.45) is 0 Å². The zero-order valence-electron chi connectivity index (χ0n) is 16.9. The smallest absolute Gasteiger partial charge is 0.257 e. The number of amides is 1. The van der Waals surface area contributed by atoms with Gasteiger partial charge in [-0.2, -0.15) is 0 Å². The van der Waals surface area contributed by atoms with Gasteiger partial charge in [-0.3, -0.25) is 9.59 Å². The molecule has 0 radical (unpaired) electrons. The standard InChI is InChI=1S/C22H20ClN3O4S/c1-29-16-8-4-7-14(19(16)30-2)15-10-17(27)24-20-18(15)21(28)26-22(25-20)31-11-12-5-3-6-13(23)9-12/h3-9,15H,10-11H2,1-2H3,(H2,24,25,26,27,28)/t15-/m0/s1. The number of H-pyrrole nitrogens is 1. The molecule has 0 saturated heterocycles. The van der Waals surface area contributed by atoms with E-state index in [1.807, 2.05) is 24.3 Å². The van der Waals surface area contributed by atoms with E-state index in [1.54, 1.807) is 25.3 Å². The van der Waals surface area contributed by atoms with E-state index in [0.29, 0.717) is 38.6 Å². The number of nitrogens with zero attached hydrogens (tertiary/aromatic N) is 1. The van der Waals surface area contributed by atoms with Crippen LogP contribution < -0.4 is 20.3 Å². The number of carbonyl (C=O) groups excluding carboxylic acids is 1. The fourth-order valence-electron chi connectivity index (χ4n) is 3.65. The van der Waals surface area contributed by atoms with Gasteiger partial charge >= 0.3 is 0 Å². The van der Waals surface area contributed by atoms with Gasteiger partial charge in [0, 0.05) is 28.7 Å². The number of thioether (sulfide) groups is 1. The number of methoxy groups -OCH3 is 2. The number of aromatic nitrogens is 2. The second kappa shape index (κ2) is 9.03. The van der Waals surface area contributed by atoms with E-state index in [2.05, 4.69) is 15.3 Å². The average molecular weight is 458 g/mol. The molecule has 2 N–H and O–H groups in total. The Bertz CT molecular complexity index is 1200. The van der Waals surface area contributed by atoms with Gasteiger partial charge in [0.25, 0.3) is 5.56 Å². The van der Waals surface area contributed by atoms with E-state index in [9.17, 15) is 9.59 Å². The molecule has 2 heterocycles. The van der Waals surface area contributed by atoms with Crippen LogP contribution in [0.15, 0.2) is 52.4 Å². The van der Waals surface area contributed by atoms with Crippen molar-refractivity contribution in [3.63, 3.8) is 0 Å². The maximum atomic E-state index is 13.0. The Balaban J connectivity index is 1.70. The highest BCUT2D eigenvalue weighted by atomic mass is 35.5. The molecule has 1 aliphatic rings. The molecule has 0 fully saturated rings. The summed E-state index contributed by atoms with van der Waals surface area (Å²) in [6.45, 7) is 0. The number of carbonyl (C=O) groups is 1. The summed E-state index contributed by atoms with van der Waals surface area (Å²) < 4.78 is 10.9. The lowest BCUT2D eigenvalue weighted by Gasteiger charge is -2.26. The number of hydrogen-bond acceptors (Lipinski definition) is 6. The highest BCUT2D eigenvalue weighted by Crippen LogP contribution is 2.42. The first-order chi connectivity index (χ1) is 15.0. The molecule has 1 amide bonds. The van der Waals surface area contributed by atoms with Crippen molar-refractivity contribution >= 4 is 35.1 Å². The Kier molecular flexibility index (Phi) is 6.20. The minimum absolute atomic E-state index is 0.107. The first-order valence-electron chi connectivity index (χ1n) is 9.52. The second-order valence-electron chi connectivity index (χ2n) is 6.94. The third-order valence-corrected chi connectivity index (χ3v) is 6.18. The van der Waals surface area contributed by atoms with Gasteiger partial charge in [-0.15, -0.1) is 0 Å². The average Bonchev–Trinajstić information content (AvgIpc) is 2.76. The molecule has 0 saturated carbocycles. The van der Waals surface area contributed by atoms with Crippen LogP contribution in [0.4, 0.5) is 5.82 Å². The zero-order chi connectivity index (χ0) is 22.0. The van der Waals surface area contributed by atoms with E-state index in [0.717, 1.165) is 5.56 Å². The van der Waals surface area contributed by atoms with Crippen molar-refractivity contribution in [2.45, 2.75) is 23.2 Å². The molecule has 0 aliphatic carbocycles. The van der Waals surface area contributed by atoms with Gasteiger partial charge in [-0.25, -0.2) is 4.98 Å². The molecule has 0 bridgehead atoms. The number of ether oxygens (including phenoxy) is 2. The topological polar surface area (TPSA) is 93.3 Å². The molecule has 3 aromatic rings. The summed E-state index contributed by atoms with van der Waals surface area (Å²) in [4.78, 5) is 32.8. The third kappa shape index (κ3) is 4.40. The molecule has 0 spiro atoms.